The summed E-state index contributed by atoms with van der Waals surface area (Å²) in [5.74, 6) is 0.773. The smallest absolute Gasteiger partial charge is 0.269 e. The molecule has 0 atom stereocenters. The Morgan fingerprint density at radius 3 is 2.58 bits per heavy atom. The van der Waals surface area contributed by atoms with Gasteiger partial charge in [-0.1, -0.05) is 19.8 Å². The first-order valence-electron chi connectivity index (χ1n) is 9.93. The van der Waals surface area contributed by atoms with E-state index in [2.05, 4.69) is 27.6 Å². The molecule has 0 aliphatic carbocycles. The number of hydrogen-bond donors (Lipinski definition) is 2. The number of benzene rings is 2. The van der Waals surface area contributed by atoms with Crippen LogP contribution in [0.3, 0.4) is 0 Å². The zero-order chi connectivity index (χ0) is 22.1. The van der Waals surface area contributed by atoms with Gasteiger partial charge in [0.2, 0.25) is 0 Å². The molecule has 1 heterocycles. The van der Waals surface area contributed by atoms with Gasteiger partial charge >= 0.3 is 0 Å². The Labute approximate surface area is 178 Å². The van der Waals surface area contributed by atoms with E-state index in [0.717, 1.165) is 30.6 Å². The van der Waals surface area contributed by atoms with E-state index < -0.39 is 4.92 Å². The average Bonchev–Trinajstić information content (AvgIpc) is 2.78. The number of nitro benzene ring substituents is 1. The molecule has 31 heavy (non-hydrogen) atoms. The minimum absolute atomic E-state index is 0.00368. The van der Waals surface area contributed by atoms with Gasteiger partial charge < -0.3 is 4.74 Å². The van der Waals surface area contributed by atoms with E-state index in [4.69, 9.17) is 4.74 Å². The van der Waals surface area contributed by atoms with E-state index in [1.165, 1.54) is 24.4 Å². The molecule has 9 nitrogen and oxygen atoms in total. The highest BCUT2D eigenvalue weighted by atomic mass is 16.6. The van der Waals surface area contributed by atoms with E-state index >= 15 is 0 Å². The van der Waals surface area contributed by atoms with Gasteiger partial charge in [-0.15, -0.1) is 0 Å². The quantitative estimate of drug-likeness (QED) is 0.217. The van der Waals surface area contributed by atoms with Crippen LogP contribution in [0.25, 0.3) is 11.3 Å². The topological polar surface area (TPSA) is 123 Å². The van der Waals surface area contributed by atoms with Crippen molar-refractivity contribution in [2.24, 2.45) is 5.10 Å². The SMILES string of the molecule is CCCCCOc1ccc(-c2n[nH]c(=O)cc2N/N=C\c2ccc([N+](=O)[O-])cc2)cc1. The number of nitro groups is 1. The molecule has 0 amide bonds. The van der Waals surface area contributed by atoms with Crippen molar-refractivity contribution in [3.63, 3.8) is 0 Å². The number of nitrogens with one attached hydrogen (secondary N) is 2. The van der Waals surface area contributed by atoms with Gasteiger partial charge in [0.15, 0.2) is 0 Å². The first-order chi connectivity index (χ1) is 15.1. The Kier molecular flexibility index (Phi) is 7.47. The van der Waals surface area contributed by atoms with Gasteiger partial charge in [-0.05, 0) is 48.4 Å². The molecule has 0 bridgehead atoms. The summed E-state index contributed by atoms with van der Waals surface area (Å²) >= 11 is 0. The number of non-ortho nitro benzene ring substituents is 1. The molecule has 0 radical (unpaired) electrons. The molecule has 2 aromatic carbocycles. The van der Waals surface area contributed by atoms with Gasteiger partial charge in [0, 0.05) is 23.8 Å². The highest BCUT2D eigenvalue weighted by molar-refractivity contribution is 5.81. The maximum Gasteiger partial charge on any atom is 0.269 e. The monoisotopic (exact) mass is 421 g/mol. The minimum Gasteiger partial charge on any atom is -0.494 e. The average molecular weight is 421 g/mol. The van der Waals surface area contributed by atoms with E-state index in [0.29, 0.717) is 23.6 Å². The molecule has 3 rings (SSSR count). The van der Waals surface area contributed by atoms with Crippen molar-refractivity contribution in [3.8, 4) is 17.0 Å². The Morgan fingerprint density at radius 2 is 1.90 bits per heavy atom. The second-order valence-corrected chi connectivity index (χ2v) is 6.79. The highest BCUT2D eigenvalue weighted by Gasteiger charge is 2.09. The molecule has 0 spiro atoms. The maximum absolute atomic E-state index is 11.7. The number of nitrogens with zero attached hydrogens (tertiary/aromatic N) is 3. The number of anilines is 1. The lowest BCUT2D eigenvalue weighted by atomic mass is 10.1. The second kappa shape index (κ2) is 10.7. The Balaban J connectivity index is 1.71. The molecule has 0 unspecified atom stereocenters. The predicted molar refractivity (Wildman–Crippen MR) is 120 cm³/mol. The van der Waals surface area contributed by atoms with Crippen LogP contribution < -0.4 is 15.7 Å². The number of aromatic amines is 1. The minimum atomic E-state index is -0.463. The summed E-state index contributed by atoms with van der Waals surface area (Å²) in [5, 5.41) is 21.4. The molecular weight excluding hydrogens is 398 g/mol. The van der Waals surface area contributed by atoms with Crippen LogP contribution in [-0.2, 0) is 0 Å². The fraction of sp³-hybridized carbons (Fsp3) is 0.227. The lowest BCUT2D eigenvalue weighted by Gasteiger charge is -2.09. The molecule has 160 valence electrons. The van der Waals surface area contributed by atoms with Crippen LogP contribution in [0.15, 0.2) is 64.5 Å². The Bertz CT molecular complexity index is 1090. The van der Waals surface area contributed by atoms with Crippen LogP contribution in [0.2, 0.25) is 0 Å². The van der Waals surface area contributed by atoms with Crippen molar-refractivity contribution in [2.75, 3.05) is 12.0 Å². The third-order valence-corrected chi connectivity index (χ3v) is 4.46. The summed E-state index contributed by atoms with van der Waals surface area (Å²) in [6.07, 6.45) is 4.79. The van der Waals surface area contributed by atoms with Crippen molar-refractivity contribution in [1.29, 1.82) is 0 Å². The number of hydrogen-bond acceptors (Lipinski definition) is 7. The van der Waals surface area contributed by atoms with Crippen LogP contribution >= 0.6 is 0 Å². The van der Waals surface area contributed by atoms with Crippen LogP contribution in [0.4, 0.5) is 11.4 Å². The summed E-state index contributed by atoms with van der Waals surface area (Å²) in [4.78, 5) is 22.0. The largest absolute Gasteiger partial charge is 0.494 e. The number of hydrazone groups is 1. The number of unbranched alkanes of at least 4 members (excludes halogenated alkanes) is 2. The standard InChI is InChI=1S/C22H23N5O4/c1-2-3-4-13-31-19-11-7-17(8-12-19)22-20(14-21(28)25-26-22)24-23-15-16-5-9-18(10-6-16)27(29)30/h5-12,14-15H,2-4,13H2,1H3,(H2,24,25,28)/b23-15-. The van der Waals surface area contributed by atoms with Gasteiger partial charge in [-0.25, -0.2) is 5.10 Å². The summed E-state index contributed by atoms with van der Waals surface area (Å²) in [7, 11) is 0. The summed E-state index contributed by atoms with van der Waals surface area (Å²) in [5.41, 5.74) is 4.87. The molecule has 0 aliphatic heterocycles. The fourth-order valence-electron chi connectivity index (χ4n) is 2.82. The zero-order valence-electron chi connectivity index (χ0n) is 17.1. The molecule has 0 aliphatic rings. The van der Waals surface area contributed by atoms with Crippen LogP contribution in [0.1, 0.15) is 31.7 Å². The molecule has 3 aromatic rings. The van der Waals surface area contributed by atoms with Crippen molar-refractivity contribution < 1.29 is 9.66 Å². The van der Waals surface area contributed by atoms with Crippen molar-refractivity contribution in [3.05, 3.63) is 80.6 Å². The molecule has 2 N–H and O–H groups in total. The first kappa shape index (κ1) is 21.7. The molecule has 0 saturated heterocycles. The highest BCUT2D eigenvalue weighted by Crippen LogP contribution is 2.26. The number of ether oxygens (including phenoxy) is 1. The van der Waals surface area contributed by atoms with Crippen LogP contribution in [0.5, 0.6) is 5.75 Å². The third kappa shape index (κ3) is 6.23. The van der Waals surface area contributed by atoms with Crippen LogP contribution in [-0.4, -0.2) is 27.9 Å². The van der Waals surface area contributed by atoms with Gasteiger partial charge in [0.1, 0.15) is 11.4 Å². The number of H-pyrrole nitrogens is 1. The predicted octanol–water partition coefficient (Wildman–Crippen LogP) is 4.36. The van der Waals surface area contributed by atoms with Crippen LogP contribution in [0, 0.1) is 10.1 Å². The van der Waals surface area contributed by atoms with Gasteiger partial charge in [0.25, 0.3) is 11.2 Å². The van der Waals surface area contributed by atoms with Crippen molar-refractivity contribution in [1.82, 2.24) is 10.2 Å². The molecule has 1 aromatic heterocycles. The third-order valence-electron chi connectivity index (χ3n) is 4.46. The van der Waals surface area contributed by atoms with Crippen molar-refractivity contribution >= 4 is 17.6 Å². The van der Waals surface area contributed by atoms with Gasteiger partial charge in [-0.2, -0.15) is 10.2 Å². The number of rotatable bonds is 10. The second-order valence-electron chi connectivity index (χ2n) is 6.79. The normalized spacial score (nSPS) is 10.9. The lowest BCUT2D eigenvalue weighted by molar-refractivity contribution is -0.384. The first-order valence-corrected chi connectivity index (χ1v) is 9.93. The van der Waals surface area contributed by atoms with E-state index in [1.807, 2.05) is 24.3 Å². The molecule has 0 saturated carbocycles. The van der Waals surface area contributed by atoms with Gasteiger partial charge in [0.05, 0.1) is 23.4 Å². The summed E-state index contributed by atoms with van der Waals surface area (Å²) < 4.78 is 5.73. The molecular formula is C22H23N5O4. The molecule has 0 fully saturated rings. The Hall–Kier alpha value is -4.01. The van der Waals surface area contributed by atoms with Crippen molar-refractivity contribution in [2.45, 2.75) is 26.2 Å². The van der Waals surface area contributed by atoms with E-state index in [1.54, 1.807) is 12.1 Å². The lowest BCUT2D eigenvalue weighted by Crippen LogP contribution is -2.10. The molecule has 9 heteroatoms. The number of aromatic nitrogens is 2. The zero-order valence-corrected chi connectivity index (χ0v) is 17.1. The maximum atomic E-state index is 11.7. The fourth-order valence-corrected chi connectivity index (χ4v) is 2.82. The Morgan fingerprint density at radius 1 is 1.16 bits per heavy atom. The summed E-state index contributed by atoms with van der Waals surface area (Å²) in [6, 6.07) is 14.8. The van der Waals surface area contributed by atoms with E-state index in [-0.39, 0.29) is 11.2 Å². The summed E-state index contributed by atoms with van der Waals surface area (Å²) in [6.45, 7) is 2.82. The van der Waals surface area contributed by atoms with Gasteiger partial charge in [-0.3, -0.25) is 20.3 Å². The van der Waals surface area contributed by atoms with E-state index in [9.17, 15) is 14.9 Å².